The van der Waals surface area contributed by atoms with Gasteiger partial charge in [0.1, 0.15) is 48.7 Å². The van der Waals surface area contributed by atoms with Crippen molar-refractivity contribution in [2.45, 2.75) is 449 Å². The number of aliphatic hydroxyl groups excluding tert-OH is 6. The molecule has 0 aromatic carbocycles. The molecule has 2 rings (SSSR count). The molecule has 21 nitrogen and oxygen atoms in total. The Morgan fingerprint density at radius 2 is 0.800 bits per heavy atom. The van der Waals surface area contributed by atoms with E-state index in [-0.39, 0.29) is 25.7 Å². The largest absolute Gasteiger partial charge is 0.472 e. The van der Waals surface area contributed by atoms with Crippen LogP contribution in [-0.2, 0) is 52.0 Å². The number of phosphoric acid groups is 1. The van der Waals surface area contributed by atoms with Gasteiger partial charge in [-0.15, -0.1) is 0 Å². The summed E-state index contributed by atoms with van der Waals surface area (Å²) in [7, 11) is -5.52. The maximum atomic E-state index is 14.2. The summed E-state index contributed by atoms with van der Waals surface area (Å²) in [6, 6.07) is -3.38. The number of hydrogen-bond acceptors (Lipinski definition) is 17. The second kappa shape index (κ2) is 59.7. The van der Waals surface area contributed by atoms with Crippen LogP contribution in [0.25, 0.3) is 0 Å². The lowest BCUT2D eigenvalue weighted by Gasteiger charge is -2.45. The molecule has 2 fully saturated rings. The Labute approximate surface area is 605 Å². The zero-order valence-corrected chi connectivity index (χ0v) is 64.5. The molecule has 0 aliphatic carbocycles. The fraction of sp³-hybridized carbons (Fsp3) is 0.949. The highest BCUT2D eigenvalue weighted by Gasteiger charge is 2.52. The summed E-state index contributed by atoms with van der Waals surface area (Å²) in [6.07, 6.45) is 30.8. The number of ether oxygens (including phenoxy) is 5. The molecular weight excluding hydrogens is 1300 g/mol. The van der Waals surface area contributed by atoms with Crippen LogP contribution in [0.2, 0.25) is 0 Å². The van der Waals surface area contributed by atoms with Crippen LogP contribution >= 0.6 is 7.82 Å². The van der Waals surface area contributed by atoms with Crippen LogP contribution in [0, 0.1) is 11.8 Å². The van der Waals surface area contributed by atoms with Crippen molar-refractivity contribution in [2.75, 3.05) is 13.2 Å². The molecule has 0 aromatic heterocycles. The van der Waals surface area contributed by atoms with Gasteiger partial charge in [-0.1, -0.05) is 311 Å². The molecule has 2 saturated heterocycles. The molecule has 0 saturated carbocycles. The van der Waals surface area contributed by atoms with Gasteiger partial charge in [-0.25, -0.2) is 4.57 Å². The zero-order valence-electron chi connectivity index (χ0n) is 63.7. The van der Waals surface area contributed by atoms with Crippen molar-refractivity contribution < 1.29 is 92.4 Å². The van der Waals surface area contributed by atoms with Gasteiger partial charge < -0.3 is 74.7 Å². The summed E-state index contributed by atoms with van der Waals surface area (Å²) in [6.45, 7) is 11.8. The molecule has 2 heterocycles. The van der Waals surface area contributed by atoms with Gasteiger partial charge in [0.15, 0.2) is 18.7 Å². The van der Waals surface area contributed by atoms with Gasteiger partial charge in [-0.3, -0.25) is 23.7 Å². The maximum absolute atomic E-state index is 14.2. The highest BCUT2D eigenvalue weighted by atomic mass is 31.2. The monoisotopic (exact) mass is 1450 g/mol. The van der Waals surface area contributed by atoms with Crippen molar-refractivity contribution in [3.8, 4) is 0 Å². The molecular formula is C78H149N2O19P. The number of amides is 2. The first kappa shape index (κ1) is 93.7. The molecule has 13 atom stereocenters. The minimum absolute atomic E-state index is 0.193. The number of unbranched alkanes of at least 4 members (excludes halogenated alkanes) is 38. The molecule has 0 spiro atoms. The van der Waals surface area contributed by atoms with Crippen molar-refractivity contribution in [2.24, 2.45) is 11.8 Å². The van der Waals surface area contributed by atoms with Crippen LogP contribution in [0.1, 0.15) is 369 Å². The van der Waals surface area contributed by atoms with E-state index >= 15 is 0 Å². The Morgan fingerprint density at radius 1 is 0.430 bits per heavy atom. The Bertz CT molecular complexity index is 2060. The van der Waals surface area contributed by atoms with E-state index in [9.17, 15) is 64.2 Å². The topological polar surface area (TPSA) is 327 Å². The van der Waals surface area contributed by atoms with Gasteiger partial charge in [0.2, 0.25) is 11.8 Å². The van der Waals surface area contributed by atoms with Crippen molar-refractivity contribution in [1.29, 1.82) is 0 Å². The van der Waals surface area contributed by atoms with Gasteiger partial charge in [0.05, 0.1) is 44.7 Å². The third-order valence-corrected chi connectivity index (χ3v) is 20.4. The van der Waals surface area contributed by atoms with Crippen molar-refractivity contribution in [3.63, 3.8) is 0 Å². The van der Waals surface area contributed by atoms with Gasteiger partial charge >= 0.3 is 19.8 Å². The summed E-state index contributed by atoms with van der Waals surface area (Å²) in [5.74, 6) is -1.55. The number of phosphoric ester groups is 1. The highest BCUT2D eigenvalue weighted by Crippen LogP contribution is 2.42. The fourth-order valence-electron chi connectivity index (χ4n) is 13.8. The number of carbonyl (C=O) groups is 4. The first-order valence-corrected chi connectivity index (χ1v) is 42.3. The molecule has 0 radical (unpaired) electrons. The van der Waals surface area contributed by atoms with E-state index in [1.54, 1.807) is 0 Å². The minimum atomic E-state index is -5.52. The molecule has 2 amide bonds. The number of carbonyl (C=O) groups excluding carboxylic acids is 4. The number of nitrogens with one attached hydrogen (secondary N) is 2. The molecule has 2 aliphatic heterocycles. The summed E-state index contributed by atoms with van der Waals surface area (Å²) in [4.78, 5) is 75.7. The van der Waals surface area contributed by atoms with Crippen molar-refractivity contribution >= 4 is 31.6 Å². The van der Waals surface area contributed by atoms with Crippen LogP contribution in [-0.4, -0.2) is 157 Å². The number of hydrogen-bond donors (Lipinski definition) is 10. The normalized spacial score (nSPS) is 22.1. The third kappa shape index (κ3) is 48.0. The molecule has 0 aromatic rings. The zero-order chi connectivity index (χ0) is 73.6. The summed E-state index contributed by atoms with van der Waals surface area (Å²) in [5.41, 5.74) is 0. The Morgan fingerprint density at radius 3 is 1.22 bits per heavy atom. The highest BCUT2D eigenvalue weighted by molar-refractivity contribution is 7.46. The average molecular weight is 1450 g/mol. The molecule has 590 valence electrons. The van der Waals surface area contributed by atoms with Crippen molar-refractivity contribution in [3.05, 3.63) is 0 Å². The quantitative estimate of drug-likeness (QED) is 0.0154. The third-order valence-electron chi connectivity index (χ3n) is 19.9. The predicted molar refractivity (Wildman–Crippen MR) is 394 cm³/mol. The standard InChI is InChI=1S/C78H149N2O19P/c1-7-9-11-13-15-17-19-20-22-30-36-42-48-54-69(86)95-64(53-47-41-35-29-24-26-32-38-44-50-61(5)6)57-68(85)79-71-75(90)73(88)65(58-81)96-77(71)94-59-66-74(89)76(98-70(87)56-63(83)52-46-40-34-27-21-18-16-14-12-10-8-2)72(78(97-66)99-100(91,92)93)80-67(84)55-62(82)51-45-39-33-28-23-25-31-37-43-49-60(3)4/h60-66,71-78,81-83,88-90H,7-59H2,1-6H3,(H,79,85)(H,80,84)(H2,91,92,93)/t62-,63-,64-,65-,66-,71-,72-,73-,74-,75-,76-,77-,78-/m1/s1. The molecule has 0 unspecified atom stereocenters. The Hall–Kier alpha value is -2.37. The second-order valence-electron chi connectivity index (χ2n) is 30.5. The Kier molecular flexibility index (Phi) is 56.0. The molecule has 22 heteroatoms. The SMILES string of the molecule is CCCCCCCCCCCCCCCC(=O)O[C@H](CCCCCCCCCCCC(C)C)CC(=O)N[C@H]1[C@H](OC[C@H]2O[C@H](OP(=O)(O)O)[C@H](NC(=O)C[C@H](O)CCCCCCCCCCCC(C)C)[C@@H](OC(=O)C[C@H](O)CCCCCCCCCCCCC)[C@@H]2O)O[C@H](CO)[C@@H](O)[C@@H]1O. The van der Waals surface area contributed by atoms with Crippen LogP contribution < -0.4 is 10.6 Å². The van der Waals surface area contributed by atoms with Crippen molar-refractivity contribution in [1.82, 2.24) is 10.6 Å². The molecule has 10 N–H and O–H groups in total. The van der Waals surface area contributed by atoms with Gasteiger partial charge in [-0.2, -0.15) is 0 Å². The fourth-order valence-corrected chi connectivity index (χ4v) is 14.2. The number of aliphatic hydroxyl groups is 6. The van der Waals surface area contributed by atoms with Crippen LogP contribution in [0.3, 0.4) is 0 Å². The van der Waals surface area contributed by atoms with E-state index in [1.807, 2.05) is 0 Å². The molecule has 0 bridgehead atoms. The maximum Gasteiger partial charge on any atom is 0.472 e. The second-order valence-corrected chi connectivity index (χ2v) is 31.7. The summed E-state index contributed by atoms with van der Waals surface area (Å²) in [5, 5.41) is 72.5. The van der Waals surface area contributed by atoms with Crippen LogP contribution in [0.4, 0.5) is 0 Å². The average Bonchev–Trinajstić information content (AvgIpc) is 0.790. The van der Waals surface area contributed by atoms with E-state index in [2.05, 4.69) is 52.2 Å². The smallest absolute Gasteiger partial charge is 0.462 e. The Balaban J connectivity index is 2.29. The lowest BCUT2D eigenvalue weighted by molar-refractivity contribution is -0.297. The van der Waals surface area contributed by atoms with Gasteiger partial charge in [0, 0.05) is 6.42 Å². The summed E-state index contributed by atoms with van der Waals surface area (Å²) >= 11 is 0. The van der Waals surface area contributed by atoms with E-state index in [0.717, 1.165) is 96.3 Å². The van der Waals surface area contributed by atoms with E-state index in [1.165, 1.54) is 161 Å². The molecule has 2 aliphatic rings. The first-order valence-electron chi connectivity index (χ1n) is 40.7. The van der Waals surface area contributed by atoms with Crippen LogP contribution in [0.5, 0.6) is 0 Å². The van der Waals surface area contributed by atoms with Gasteiger partial charge in [0.25, 0.3) is 0 Å². The minimum Gasteiger partial charge on any atom is -0.462 e. The van der Waals surface area contributed by atoms with Gasteiger partial charge in [-0.05, 0) is 43.9 Å². The van der Waals surface area contributed by atoms with E-state index in [0.29, 0.717) is 43.9 Å². The molecule has 100 heavy (non-hydrogen) atoms. The lowest BCUT2D eigenvalue weighted by Crippen LogP contribution is -2.67. The number of esters is 2. The van der Waals surface area contributed by atoms with E-state index < -0.39 is 137 Å². The first-order chi connectivity index (χ1) is 48.1. The number of rotatable bonds is 66. The predicted octanol–water partition coefficient (Wildman–Crippen LogP) is 15.4. The lowest BCUT2D eigenvalue weighted by atomic mass is 9.95. The summed E-state index contributed by atoms with van der Waals surface area (Å²) < 4.78 is 47.6. The van der Waals surface area contributed by atoms with Crippen LogP contribution in [0.15, 0.2) is 0 Å². The van der Waals surface area contributed by atoms with E-state index in [4.69, 9.17) is 28.2 Å².